The molecule has 6 nitrogen and oxygen atoms in total. The van der Waals surface area contributed by atoms with Crippen LogP contribution in [0.25, 0.3) is 0 Å². The number of non-ortho nitro benzene ring substituents is 1. The Kier molecular flexibility index (Phi) is 4.45. The fraction of sp³-hybridized carbons (Fsp3) is 0.300. The summed E-state index contributed by atoms with van der Waals surface area (Å²) in [6.07, 6.45) is 0.415. The van der Waals surface area contributed by atoms with Crippen LogP contribution in [0.2, 0.25) is 0 Å². The van der Waals surface area contributed by atoms with E-state index < -0.39 is 16.9 Å². The van der Waals surface area contributed by atoms with E-state index in [4.69, 9.17) is 5.11 Å². The molecule has 0 radical (unpaired) electrons. The highest BCUT2D eigenvalue weighted by Crippen LogP contribution is 2.27. The highest BCUT2D eigenvalue weighted by Gasteiger charge is 2.17. The van der Waals surface area contributed by atoms with Crippen LogP contribution in [0, 0.1) is 10.1 Å². The smallest absolute Gasteiger partial charge is 0.326 e. The maximum atomic E-state index is 10.8. The van der Waals surface area contributed by atoms with Crippen LogP contribution in [-0.2, 0) is 4.79 Å². The van der Waals surface area contributed by atoms with E-state index in [1.165, 1.54) is 18.2 Å². The maximum Gasteiger partial charge on any atom is 0.326 e. The second kappa shape index (κ2) is 5.62. The molecule has 0 aliphatic rings. The normalized spacial score (nSPS) is 11.9. The molecule has 0 spiro atoms. The van der Waals surface area contributed by atoms with E-state index >= 15 is 0 Å². The lowest BCUT2D eigenvalue weighted by molar-refractivity contribution is -0.384. The number of nitrogens with zero attached hydrogens (tertiary/aromatic N) is 1. The van der Waals surface area contributed by atoms with Gasteiger partial charge in [-0.05, 0) is 28.4 Å². The molecular weight excluding hydrogens is 292 g/mol. The molecule has 0 amide bonds. The Balaban J connectivity index is 2.93. The van der Waals surface area contributed by atoms with Crippen LogP contribution < -0.4 is 5.32 Å². The van der Waals surface area contributed by atoms with Gasteiger partial charge in [0.1, 0.15) is 6.04 Å². The number of halogens is 1. The third-order valence-electron chi connectivity index (χ3n) is 2.20. The molecule has 92 valence electrons. The Hall–Kier alpha value is -1.63. The predicted molar refractivity (Wildman–Crippen MR) is 66.1 cm³/mol. The molecule has 7 heteroatoms. The first-order valence-electron chi connectivity index (χ1n) is 4.89. The van der Waals surface area contributed by atoms with Gasteiger partial charge in [-0.25, -0.2) is 4.79 Å². The number of carboxylic acid groups (broad SMARTS) is 1. The molecule has 0 saturated heterocycles. The number of hydrogen-bond acceptors (Lipinski definition) is 4. The van der Waals surface area contributed by atoms with Crippen molar-refractivity contribution in [2.24, 2.45) is 0 Å². The van der Waals surface area contributed by atoms with Crippen molar-refractivity contribution in [2.45, 2.75) is 19.4 Å². The van der Waals surface area contributed by atoms with Crippen molar-refractivity contribution in [3.8, 4) is 0 Å². The van der Waals surface area contributed by atoms with Gasteiger partial charge in [-0.3, -0.25) is 10.1 Å². The number of nitro groups is 1. The van der Waals surface area contributed by atoms with Gasteiger partial charge in [0.05, 0.1) is 4.92 Å². The first-order chi connectivity index (χ1) is 7.95. The number of anilines is 1. The summed E-state index contributed by atoms with van der Waals surface area (Å²) in [6, 6.07) is 3.42. The van der Waals surface area contributed by atoms with Gasteiger partial charge in [-0.15, -0.1) is 0 Å². The van der Waals surface area contributed by atoms with Crippen molar-refractivity contribution in [3.05, 3.63) is 32.8 Å². The number of benzene rings is 1. The maximum absolute atomic E-state index is 10.8. The lowest BCUT2D eigenvalue weighted by Gasteiger charge is -2.14. The molecule has 1 rings (SSSR count). The van der Waals surface area contributed by atoms with E-state index in [-0.39, 0.29) is 5.69 Å². The number of hydrogen-bond donors (Lipinski definition) is 2. The van der Waals surface area contributed by atoms with E-state index in [2.05, 4.69) is 21.2 Å². The molecule has 1 atom stereocenters. The van der Waals surface area contributed by atoms with Gasteiger partial charge in [0, 0.05) is 22.3 Å². The zero-order valence-corrected chi connectivity index (χ0v) is 10.6. The molecule has 0 aromatic heterocycles. The SMILES string of the molecule is CCC(Nc1ccc([N+](=O)[O-])cc1Br)C(=O)O. The second-order valence-corrected chi connectivity index (χ2v) is 4.22. The summed E-state index contributed by atoms with van der Waals surface area (Å²) in [5, 5.41) is 22.2. The van der Waals surface area contributed by atoms with Crippen molar-refractivity contribution in [1.29, 1.82) is 0 Å². The van der Waals surface area contributed by atoms with Gasteiger partial charge in [-0.1, -0.05) is 6.92 Å². The quantitative estimate of drug-likeness (QED) is 0.644. The highest BCUT2D eigenvalue weighted by molar-refractivity contribution is 9.10. The minimum absolute atomic E-state index is 0.0502. The topological polar surface area (TPSA) is 92.5 Å². The van der Waals surface area contributed by atoms with E-state index in [9.17, 15) is 14.9 Å². The van der Waals surface area contributed by atoms with E-state index in [1.54, 1.807) is 6.92 Å². The Morgan fingerprint density at radius 3 is 2.71 bits per heavy atom. The number of carbonyl (C=O) groups is 1. The van der Waals surface area contributed by atoms with Crippen LogP contribution in [0.5, 0.6) is 0 Å². The minimum Gasteiger partial charge on any atom is -0.480 e. The summed E-state index contributed by atoms with van der Waals surface area (Å²) in [4.78, 5) is 20.8. The number of carboxylic acids is 1. The third kappa shape index (κ3) is 3.42. The van der Waals surface area contributed by atoms with Gasteiger partial charge in [0.2, 0.25) is 0 Å². The van der Waals surface area contributed by atoms with Crippen LogP contribution in [0.1, 0.15) is 13.3 Å². The summed E-state index contributed by atoms with van der Waals surface area (Å²) in [5.41, 5.74) is 0.468. The van der Waals surface area contributed by atoms with Crippen LogP contribution in [0.4, 0.5) is 11.4 Å². The average molecular weight is 303 g/mol. The van der Waals surface area contributed by atoms with E-state index in [0.717, 1.165) is 0 Å². The Labute approximate surface area is 106 Å². The Bertz CT molecular complexity index is 450. The van der Waals surface area contributed by atoms with Crippen LogP contribution in [-0.4, -0.2) is 22.0 Å². The second-order valence-electron chi connectivity index (χ2n) is 3.36. The molecule has 0 aliphatic carbocycles. The molecule has 17 heavy (non-hydrogen) atoms. The molecule has 0 fully saturated rings. The van der Waals surface area contributed by atoms with E-state index in [1.807, 2.05) is 0 Å². The number of nitrogens with one attached hydrogen (secondary N) is 1. The van der Waals surface area contributed by atoms with Gasteiger partial charge < -0.3 is 10.4 Å². The van der Waals surface area contributed by atoms with Crippen molar-refractivity contribution in [3.63, 3.8) is 0 Å². The van der Waals surface area contributed by atoms with Crippen molar-refractivity contribution < 1.29 is 14.8 Å². The molecule has 0 aliphatic heterocycles. The lowest BCUT2D eigenvalue weighted by atomic mass is 10.2. The minimum atomic E-state index is -0.960. The molecule has 2 N–H and O–H groups in total. The number of rotatable bonds is 5. The van der Waals surface area contributed by atoms with Gasteiger partial charge >= 0.3 is 5.97 Å². The lowest BCUT2D eigenvalue weighted by Crippen LogP contribution is -2.28. The fourth-order valence-electron chi connectivity index (χ4n) is 1.26. The van der Waals surface area contributed by atoms with Crippen molar-refractivity contribution in [2.75, 3.05) is 5.32 Å². The Morgan fingerprint density at radius 2 is 2.29 bits per heavy atom. The fourth-order valence-corrected chi connectivity index (χ4v) is 1.74. The van der Waals surface area contributed by atoms with Crippen LogP contribution in [0.15, 0.2) is 22.7 Å². The highest BCUT2D eigenvalue weighted by atomic mass is 79.9. The van der Waals surface area contributed by atoms with Crippen molar-refractivity contribution in [1.82, 2.24) is 0 Å². The van der Waals surface area contributed by atoms with Gasteiger partial charge in [0.25, 0.3) is 5.69 Å². The average Bonchev–Trinajstić information content (AvgIpc) is 2.26. The first-order valence-corrected chi connectivity index (χ1v) is 5.68. The first kappa shape index (κ1) is 13.4. The predicted octanol–water partition coefficient (Wildman–Crippen LogP) is 2.63. The van der Waals surface area contributed by atoms with Crippen LogP contribution >= 0.6 is 15.9 Å². The van der Waals surface area contributed by atoms with E-state index in [0.29, 0.717) is 16.6 Å². The number of nitro benzene ring substituents is 1. The molecule has 0 saturated carbocycles. The molecule has 0 heterocycles. The molecule has 1 aromatic rings. The monoisotopic (exact) mass is 302 g/mol. The summed E-state index contributed by atoms with van der Waals surface area (Å²) in [6.45, 7) is 1.74. The Morgan fingerprint density at radius 1 is 1.65 bits per heavy atom. The molecular formula is C10H11BrN2O4. The summed E-state index contributed by atoms with van der Waals surface area (Å²) < 4.78 is 0.464. The molecule has 1 unspecified atom stereocenters. The zero-order valence-electron chi connectivity index (χ0n) is 9.01. The summed E-state index contributed by atoms with van der Waals surface area (Å²) >= 11 is 3.16. The third-order valence-corrected chi connectivity index (χ3v) is 2.86. The number of aliphatic carboxylic acids is 1. The summed E-state index contributed by atoms with van der Waals surface area (Å²) in [5.74, 6) is -0.960. The summed E-state index contributed by atoms with van der Waals surface area (Å²) in [7, 11) is 0. The molecule has 0 bridgehead atoms. The standard InChI is InChI=1S/C10H11BrN2O4/c1-2-8(10(14)15)12-9-4-3-6(13(16)17)5-7(9)11/h3-5,8,12H,2H2,1H3,(H,14,15). The van der Waals surface area contributed by atoms with Gasteiger partial charge in [0.15, 0.2) is 0 Å². The zero-order chi connectivity index (χ0) is 13.0. The largest absolute Gasteiger partial charge is 0.480 e. The van der Waals surface area contributed by atoms with Crippen molar-refractivity contribution >= 4 is 33.3 Å². The van der Waals surface area contributed by atoms with Crippen LogP contribution in [0.3, 0.4) is 0 Å². The molecule has 1 aromatic carbocycles. The van der Waals surface area contributed by atoms with Gasteiger partial charge in [-0.2, -0.15) is 0 Å².